The van der Waals surface area contributed by atoms with E-state index in [-0.39, 0.29) is 3.70 Å². The lowest BCUT2D eigenvalue weighted by atomic mass is 10.1. The van der Waals surface area contributed by atoms with Crippen molar-refractivity contribution in [1.29, 1.82) is 0 Å². The second-order valence-corrected chi connectivity index (χ2v) is 6.81. The zero-order chi connectivity index (χ0) is 16.7. The molecule has 0 spiro atoms. The van der Waals surface area contributed by atoms with Gasteiger partial charge in [-0.3, -0.25) is 18.9 Å². The van der Waals surface area contributed by atoms with E-state index in [4.69, 9.17) is 14.5 Å². The molecule has 1 aliphatic rings. The molecule has 2 heterocycles. The van der Waals surface area contributed by atoms with Gasteiger partial charge in [0.25, 0.3) is 5.56 Å². The van der Waals surface area contributed by atoms with Crippen LogP contribution in [0.3, 0.4) is 0 Å². The van der Waals surface area contributed by atoms with Crippen LogP contribution in [-0.4, -0.2) is 54.5 Å². The van der Waals surface area contributed by atoms with E-state index in [9.17, 15) is 24.4 Å². The summed E-state index contributed by atoms with van der Waals surface area (Å²) in [5, 5.41) is 19.8. The van der Waals surface area contributed by atoms with E-state index in [1.165, 1.54) is 0 Å². The van der Waals surface area contributed by atoms with Crippen LogP contribution >= 0.6 is 30.4 Å². The molecule has 0 aliphatic carbocycles. The van der Waals surface area contributed by atoms with Gasteiger partial charge in [-0.15, -0.1) is 0 Å². The second-order valence-electron chi connectivity index (χ2n) is 4.46. The van der Waals surface area contributed by atoms with Crippen molar-refractivity contribution >= 4 is 30.4 Å². The number of rotatable bonds is 4. The summed E-state index contributed by atoms with van der Waals surface area (Å²) in [6.45, 7) is -0.687. The Morgan fingerprint density at radius 3 is 2.55 bits per heavy atom. The Morgan fingerprint density at radius 1 is 1.36 bits per heavy atom. The van der Waals surface area contributed by atoms with Gasteiger partial charge in [-0.05, 0) is 22.6 Å². The largest absolute Gasteiger partial charge is 0.469 e. The summed E-state index contributed by atoms with van der Waals surface area (Å²) in [6, 6.07) is 1.09. The van der Waals surface area contributed by atoms with E-state index in [0.717, 1.165) is 10.6 Å². The molecule has 0 amide bonds. The number of aliphatic hydroxyl groups is 2. The number of phosphoric acid groups is 1. The van der Waals surface area contributed by atoms with Crippen LogP contribution in [0.1, 0.15) is 6.23 Å². The average Bonchev–Trinajstić information content (AvgIpc) is 2.63. The standard InChI is InChI=1S/C9H12IN2O9P/c10-4-1-5(13)11-9(16)12(4)8-7(15)6(14)3(21-8)2-20-22(17,18)19/h1,3,6-8,14-15H,2H2,(H,11,13,16)(H2,17,18,19)/t3-,6+,7?,8-/m1/s1. The van der Waals surface area contributed by atoms with Gasteiger partial charge in [0.1, 0.15) is 18.3 Å². The molecule has 4 atom stereocenters. The lowest BCUT2D eigenvalue weighted by molar-refractivity contribution is -0.0555. The predicted molar refractivity (Wildman–Crippen MR) is 78.0 cm³/mol. The number of halogens is 1. The minimum atomic E-state index is -4.77. The summed E-state index contributed by atoms with van der Waals surface area (Å²) < 4.78 is 21.2. The number of H-pyrrole nitrogens is 1. The highest BCUT2D eigenvalue weighted by molar-refractivity contribution is 14.1. The van der Waals surface area contributed by atoms with Crippen LogP contribution in [0.4, 0.5) is 0 Å². The number of phosphoric ester groups is 1. The number of hydrogen-bond donors (Lipinski definition) is 5. The molecule has 22 heavy (non-hydrogen) atoms. The number of ether oxygens (including phenoxy) is 1. The number of hydrogen-bond acceptors (Lipinski definition) is 7. The van der Waals surface area contributed by atoms with Gasteiger partial charge in [0.2, 0.25) is 0 Å². The first kappa shape index (κ1) is 17.7. The Bertz CT molecular complexity index is 712. The summed E-state index contributed by atoms with van der Waals surface area (Å²) in [6.07, 6.45) is -5.69. The second kappa shape index (κ2) is 6.49. The maximum absolute atomic E-state index is 11.8. The highest BCUT2D eigenvalue weighted by Crippen LogP contribution is 2.38. The zero-order valence-corrected chi connectivity index (χ0v) is 13.7. The Kier molecular flexibility index (Phi) is 5.23. The maximum atomic E-state index is 11.8. The van der Waals surface area contributed by atoms with Crippen molar-refractivity contribution in [3.05, 3.63) is 30.6 Å². The van der Waals surface area contributed by atoms with Gasteiger partial charge in [-0.2, -0.15) is 0 Å². The van der Waals surface area contributed by atoms with Crippen LogP contribution in [-0.2, 0) is 13.8 Å². The van der Waals surface area contributed by atoms with Gasteiger partial charge >= 0.3 is 13.5 Å². The van der Waals surface area contributed by atoms with Gasteiger partial charge in [0.05, 0.1) is 10.3 Å². The minimum Gasteiger partial charge on any atom is -0.387 e. The number of aromatic amines is 1. The summed E-state index contributed by atoms with van der Waals surface area (Å²) in [4.78, 5) is 42.2. The molecule has 0 saturated carbocycles. The van der Waals surface area contributed by atoms with E-state index in [2.05, 4.69) is 4.52 Å². The molecule has 11 nitrogen and oxygen atoms in total. The number of aliphatic hydroxyl groups excluding tert-OH is 2. The van der Waals surface area contributed by atoms with Crippen molar-refractivity contribution < 1.29 is 33.8 Å². The van der Waals surface area contributed by atoms with Gasteiger partial charge in [-0.1, -0.05) is 0 Å². The Hall–Kier alpha value is -0.600. The summed E-state index contributed by atoms with van der Waals surface area (Å²) in [5.41, 5.74) is -1.50. The van der Waals surface area contributed by atoms with Gasteiger partial charge in [0.15, 0.2) is 6.23 Å². The van der Waals surface area contributed by atoms with Crippen molar-refractivity contribution in [1.82, 2.24) is 9.55 Å². The molecule has 1 fully saturated rings. The van der Waals surface area contributed by atoms with Crippen LogP contribution in [0.2, 0.25) is 0 Å². The Morgan fingerprint density at radius 2 is 2.00 bits per heavy atom. The first-order valence-corrected chi connectivity index (χ1v) is 8.44. The van der Waals surface area contributed by atoms with E-state index in [1.807, 2.05) is 4.98 Å². The van der Waals surface area contributed by atoms with Crippen molar-refractivity contribution in [3.8, 4) is 0 Å². The van der Waals surface area contributed by atoms with Crippen LogP contribution in [0, 0.1) is 3.70 Å². The van der Waals surface area contributed by atoms with E-state index >= 15 is 0 Å². The van der Waals surface area contributed by atoms with E-state index in [1.54, 1.807) is 22.6 Å². The molecular formula is C9H12IN2O9P. The molecule has 0 aromatic carbocycles. The number of nitrogens with one attached hydrogen (secondary N) is 1. The lowest BCUT2D eigenvalue weighted by Gasteiger charge is -2.18. The van der Waals surface area contributed by atoms with Gasteiger partial charge < -0.3 is 24.7 Å². The van der Waals surface area contributed by atoms with Gasteiger partial charge in [-0.25, -0.2) is 9.36 Å². The topological polar surface area (TPSA) is 171 Å². The van der Waals surface area contributed by atoms with Crippen LogP contribution < -0.4 is 11.2 Å². The van der Waals surface area contributed by atoms with Crippen molar-refractivity contribution in [2.24, 2.45) is 0 Å². The lowest BCUT2D eigenvalue weighted by Crippen LogP contribution is -2.39. The summed E-state index contributed by atoms with van der Waals surface area (Å²) >= 11 is 1.67. The third kappa shape index (κ3) is 3.83. The van der Waals surface area contributed by atoms with Crippen LogP contribution in [0.15, 0.2) is 15.7 Å². The quantitative estimate of drug-likeness (QED) is 0.195. The molecule has 1 aliphatic heterocycles. The first-order valence-electron chi connectivity index (χ1n) is 5.83. The van der Waals surface area contributed by atoms with E-state index in [0.29, 0.717) is 0 Å². The molecule has 0 radical (unpaired) electrons. The monoisotopic (exact) mass is 450 g/mol. The summed E-state index contributed by atoms with van der Waals surface area (Å²) in [5.74, 6) is 0. The van der Waals surface area contributed by atoms with Crippen molar-refractivity contribution in [3.63, 3.8) is 0 Å². The van der Waals surface area contributed by atoms with Crippen LogP contribution in [0.5, 0.6) is 0 Å². The maximum Gasteiger partial charge on any atom is 0.469 e. The van der Waals surface area contributed by atoms with Crippen molar-refractivity contribution in [2.45, 2.75) is 24.5 Å². The highest BCUT2D eigenvalue weighted by atomic mass is 127. The van der Waals surface area contributed by atoms with Crippen LogP contribution in [0.25, 0.3) is 0 Å². The molecule has 1 saturated heterocycles. The molecule has 2 rings (SSSR count). The van der Waals surface area contributed by atoms with E-state index < -0.39 is 50.2 Å². The molecule has 5 N–H and O–H groups in total. The first-order chi connectivity index (χ1) is 10.1. The number of nitrogens with zero attached hydrogens (tertiary/aromatic N) is 1. The molecule has 1 unspecified atom stereocenters. The SMILES string of the molecule is O=c1cc(I)n([C@@H]2O[C@H](COP(=O)(O)O)[C@H](O)C2O)c(=O)[nH]1. The van der Waals surface area contributed by atoms with Gasteiger partial charge in [0, 0.05) is 6.07 Å². The molecule has 0 bridgehead atoms. The predicted octanol–water partition coefficient (Wildman–Crippen LogP) is -2.13. The molecule has 1 aromatic heterocycles. The third-order valence-electron chi connectivity index (χ3n) is 2.93. The summed E-state index contributed by atoms with van der Waals surface area (Å²) in [7, 11) is -4.77. The molecule has 13 heteroatoms. The normalized spacial score (nSPS) is 29.0. The number of aromatic nitrogens is 2. The molecular weight excluding hydrogens is 438 g/mol. The fraction of sp³-hybridized carbons (Fsp3) is 0.556. The minimum absolute atomic E-state index is 0.152. The molecule has 1 aromatic rings. The van der Waals surface area contributed by atoms with Crippen molar-refractivity contribution in [2.75, 3.05) is 6.61 Å². The zero-order valence-electron chi connectivity index (χ0n) is 10.7. The average molecular weight is 450 g/mol. The smallest absolute Gasteiger partial charge is 0.387 e. The molecule has 124 valence electrons. The fourth-order valence-electron chi connectivity index (χ4n) is 1.96. The Balaban J connectivity index is 2.26. The fourth-order valence-corrected chi connectivity index (χ4v) is 3.08. The third-order valence-corrected chi connectivity index (χ3v) is 4.24. The Labute approximate surface area is 135 Å². The highest BCUT2D eigenvalue weighted by Gasteiger charge is 2.45.